The molecular weight excluding hydrogens is 309 g/mol. The molecule has 0 aliphatic rings. The molecule has 0 radical (unpaired) electrons. The molecular formula is C16H17ClFNOS. The van der Waals surface area contributed by atoms with Crippen LogP contribution in [-0.4, -0.2) is 10.5 Å². The smallest absolute Gasteiger partial charge is 0.126 e. The van der Waals surface area contributed by atoms with Crippen molar-refractivity contribution in [3.8, 4) is 0 Å². The zero-order valence-corrected chi connectivity index (χ0v) is 13.5. The van der Waals surface area contributed by atoms with Crippen molar-refractivity contribution in [1.29, 1.82) is 0 Å². The summed E-state index contributed by atoms with van der Waals surface area (Å²) >= 11 is 6.09. The minimum absolute atomic E-state index is 0.196. The van der Waals surface area contributed by atoms with Crippen LogP contribution in [0.5, 0.6) is 0 Å². The highest BCUT2D eigenvalue weighted by molar-refractivity contribution is 7.83. The summed E-state index contributed by atoms with van der Waals surface area (Å²) in [6.45, 7) is 2.34. The lowest BCUT2D eigenvalue weighted by Crippen LogP contribution is -2.02. The van der Waals surface area contributed by atoms with Crippen LogP contribution in [0.3, 0.4) is 0 Å². The second kappa shape index (κ2) is 7.05. The summed E-state index contributed by atoms with van der Waals surface area (Å²) in [7, 11) is -0.935. The predicted molar refractivity (Wildman–Crippen MR) is 87.7 cm³/mol. The molecule has 0 bridgehead atoms. The Morgan fingerprint density at radius 2 is 2.00 bits per heavy atom. The average Bonchev–Trinajstić information content (AvgIpc) is 2.43. The topological polar surface area (TPSA) is 29.1 Å². The summed E-state index contributed by atoms with van der Waals surface area (Å²) in [5.74, 6) is 0.238. The molecule has 2 aromatic rings. The van der Waals surface area contributed by atoms with Crippen molar-refractivity contribution in [2.45, 2.75) is 19.2 Å². The predicted octanol–water partition coefficient (Wildman–Crippen LogP) is 4.28. The number of halogens is 2. The van der Waals surface area contributed by atoms with E-state index >= 15 is 0 Å². The van der Waals surface area contributed by atoms with Gasteiger partial charge in [-0.1, -0.05) is 23.7 Å². The highest BCUT2D eigenvalue weighted by Crippen LogP contribution is 2.22. The molecule has 1 unspecified atom stereocenters. The Morgan fingerprint density at radius 1 is 1.24 bits per heavy atom. The molecule has 0 fully saturated rings. The van der Waals surface area contributed by atoms with E-state index < -0.39 is 10.8 Å². The summed E-state index contributed by atoms with van der Waals surface area (Å²) in [6.07, 6.45) is 1.65. The van der Waals surface area contributed by atoms with Crippen LogP contribution < -0.4 is 5.32 Å². The summed E-state index contributed by atoms with van der Waals surface area (Å²) in [6, 6.07) is 10.6. The Bertz CT molecular complexity index is 675. The lowest BCUT2D eigenvalue weighted by atomic mass is 10.1. The normalized spacial score (nSPS) is 12.2. The molecule has 2 rings (SSSR count). The van der Waals surface area contributed by atoms with Crippen molar-refractivity contribution >= 4 is 28.1 Å². The molecule has 112 valence electrons. The Balaban J connectivity index is 2.09. The van der Waals surface area contributed by atoms with E-state index in [-0.39, 0.29) is 5.82 Å². The zero-order valence-electron chi connectivity index (χ0n) is 12.0. The first-order valence-corrected chi connectivity index (χ1v) is 8.63. The number of benzene rings is 2. The highest BCUT2D eigenvalue weighted by atomic mass is 35.5. The Morgan fingerprint density at radius 3 is 2.67 bits per heavy atom. The van der Waals surface area contributed by atoms with Crippen LogP contribution in [0.4, 0.5) is 10.1 Å². The molecule has 1 atom stereocenters. The van der Waals surface area contributed by atoms with Gasteiger partial charge in [0.1, 0.15) is 5.82 Å². The van der Waals surface area contributed by atoms with Crippen LogP contribution in [0.15, 0.2) is 36.4 Å². The minimum atomic E-state index is -0.935. The van der Waals surface area contributed by atoms with Gasteiger partial charge in [0.15, 0.2) is 0 Å². The fourth-order valence-corrected chi connectivity index (χ4v) is 2.98. The first-order chi connectivity index (χ1) is 9.95. The Kier molecular flexibility index (Phi) is 5.37. The molecule has 1 N–H and O–H groups in total. The van der Waals surface area contributed by atoms with Crippen molar-refractivity contribution < 1.29 is 8.60 Å². The number of rotatable bonds is 5. The maximum atomic E-state index is 13.2. The van der Waals surface area contributed by atoms with Gasteiger partial charge in [0.05, 0.1) is 0 Å². The third-order valence-electron chi connectivity index (χ3n) is 3.12. The fourth-order valence-electron chi connectivity index (χ4n) is 2.04. The summed E-state index contributed by atoms with van der Waals surface area (Å²) < 4.78 is 24.5. The van der Waals surface area contributed by atoms with Crippen molar-refractivity contribution in [1.82, 2.24) is 0 Å². The zero-order chi connectivity index (χ0) is 15.4. The quantitative estimate of drug-likeness (QED) is 0.889. The first kappa shape index (κ1) is 16.0. The van der Waals surface area contributed by atoms with E-state index in [1.165, 1.54) is 6.07 Å². The molecule has 0 saturated heterocycles. The Labute approximate surface area is 131 Å². The van der Waals surface area contributed by atoms with Gasteiger partial charge < -0.3 is 5.32 Å². The van der Waals surface area contributed by atoms with Gasteiger partial charge in [-0.3, -0.25) is 4.21 Å². The molecule has 0 aliphatic heterocycles. The van der Waals surface area contributed by atoms with Crippen LogP contribution >= 0.6 is 11.6 Å². The standard InChI is InChI=1S/C16H17ClFNOS/c1-11-7-12(3-6-16(11)18)9-19-14-4-5-15(17)13(8-14)10-21(2)20/h3-8,19H,9-10H2,1-2H3. The molecule has 0 amide bonds. The number of anilines is 1. The lowest BCUT2D eigenvalue weighted by molar-refractivity contribution is 0.617. The number of nitrogens with one attached hydrogen (secondary N) is 1. The van der Waals surface area contributed by atoms with Gasteiger partial charge in [-0.05, 0) is 47.9 Å². The largest absolute Gasteiger partial charge is 0.381 e. The molecule has 5 heteroatoms. The van der Waals surface area contributed by atoms with E-state index in [1.807, 2.05) is 18.2 Å². The summed E-state index contributed by atoms with van der Waals surface area (Å²) in [5.41, 5.74) is 3.40. The van der Waals surface area contributed by atoms with Crippen molar-refractivity contribution in [2.75, 3.05) is 11.6 Å². The van der Waals surface area contributed by atoms with Crippen LogP contribution in [0.1, 0.15) is 16.7 Å². The van der Waals surface area contributed by atoms with Gasteiger partial charge in [0.2, 0.25) is 0 Å². The monoisotopic (exact) mass is 325 g/mol. The van der Waals surface area contributed by atoms with E-state index in [2.05, 4.69) is 5.32 Å². The minimum Gasteiger partial charge on any atom is -0.381 e. The maximum absolute atomic E-state index is 13.2. The molecule has 2 aromatic carbocycles. The molecule has 0 spiro atoms. The second-order valence-corrected chi connectivity index (χ2v) is 6.80. The van der Waals surface area contributed by atoms with E-state index in [0.717, 1.165) is 16.8 Å². The lowest BCUT2D eigenvalue weighted by Gasteiger charge is -2.10. The van der Waals surface area contributed by atoms with Crippen molar-refractivity contribution in [3.05, 3.63) is 63.9 Å². The molecule has 0 saturated carbocycles. The van der Waals surface area contributed by atoms with Crippen LogP contribution in [0, 0.1) is 12.7 Å². The van der Waals surface area contributed by atoms with Gasteiger partial charge in [0, 0.05) is 40.1 Å². The molecule has 0 aliphatic carbocycles. The third-order valence-corrected chi connectivity index (χ3v) is 4.21. The van der Waals surface area contributed by atoms with Crippen molar-refractivity contribution in [3.63, 3.8) is 0 Å². The molecule has 0 aromatic heterocycles. The van der Waals surface area contributed by atoms with Crippen LogP contribution in [0.25, 0.3) is 0 Å². The van der Waals surface area contributed by atoms with E-state index in [9.17, 15) is 8.60 Å². The van der Waals surface area contributed by atoms with Gasteiger partial charge in [0.25, 0.3) is 0 Å². The van der Waals surface area contributed by atoms with Gasteiger partial charge in [-0.15, -0.1) is 0 Å². The number of hydrogen-bond acceptors (Lipinski definition) is 2. The van der Waals surface area contributed by atoms with Gasteiger partial charge >= 0.3 is 0 Å². The number of hydrogen-bond donors (Lipinski definition) is 1. The van der Waals surface area contributed by atoms with Crippen LogP contribution in [0.2, 0.25) is 5.02 Å². The average molecular weight is 326 g/mol. The molecule has 21 heavy (non-hydrogen) atoms. The maximum Gasteiger partial charge on any atom is 0.126 e. The third kappa shape index (κ3) is 4.55. The summed E-state index contributed by atoms with van der Waals surface area (Å²) in [4.78, 5) is 0. The Hall–Kier alpha value is -1.39. The van der Waals surface area contributed by atoms with Gasteiger partial charge in [-0.2, -0.15) is 0 Å². The van der Waals surface area contributed by atoms with E-state index in [0.29, 0.717) is 22.9 Å². The highest BCUT2D eigenvalue weighted by Gasteiger charge is 2.05. The second-order valence-electron chi connectivity index (χ2n) is 4.96. The number of aryl methyl sites for hydroxylation is 1. The first-order valence-electron chi connectivity index (χ1n) is 6.53. The molecule has 0 heterocycles. The summed E-state index contributed by atoms with van der Waals surface area (Å²) in [5, 5.41) is 3.89. The van der Waals surface area contributed by atoms with Gasteiger partial charge in [-0.25, -0.2) is 4.39 Å². The van der Waals surface area contributed by atoms with Crippen molar-refractivity contribution in [2.24, 2.45) is 0 Å². The fraction of sp³-hybridized carbons (Fsp3) is 0.250. The SMILES string of the molecule is Cc1cc(CNc2ccc(Cl)c(CS(C)=O)c2)ccc1F. The van der Waals surface area contributed by atoms with E-state index in [4.69, 9.17) is 11.6 Å². The van der Waals surface area contributed by atoms with Crippen LogP contribution in [-0.2, 0) is 23.1 Å². The van der Waals surface area contributed by atoms with E-state index in [1.54, 1.807) is 25.3 Å². The molecule has 2 nitrogen and oxygen atoms in total.